The van der Waals surface area contributed by atoms with E-state index in [1.807, 2.05) is 30.3 Å². The standard InChI is InChI=1S/C14H22N4O2S.HI/c15-21(19,20)12-9-16-14(18-10-5-2-6-11-18)17-13-7-3-1-4-8-13;/h1,3-4,7-8H,2,5-6,9-12H2,(H,16,17)(H2,15,19,20);1H. The Kier molecular flexibility index (Phi) is 8.12. The van der Waals surface area contributed by atoms with Crippen LogP contribution in [0.3, 0.4) is 0 Å². The molecule has 8 heteroatoms. The summed E-state index contributed by atoms with van der Waals surface area (Å²) in [6.07, 6.45) is 3.49. The van der Waals surface area contributed by atoms with Crippen molar-refractivity contribution in [1.82, 2.24) is 4.90 Å². The van der Waals surface area contributed by atoms with E-state index in [0.29, 0.717) is 0 Å². The van der Waals surface area contributed by atoms with E-state index in [1.165, 1.54) is 6.42 Å². The molecular weight excluding hydrogens is 415 g/mol. The molecule has 0 saturated carbocycles. The maximum absolute atomic E-state index is 11.0. The summed E-state index contributed by atoms with van der Waals surface area (Å²) in [4.78, 5) is 6.57. The molecule has 0 radical (unpaired) electrons. The van der Waals surface area contributed by atoms with Crippen LogP contribution in [0.2, 0.25) is 0 Å². The molecule has 1 heterocycles. The van der Waals surface area contributed by atoms with Gasteiger partial charge in [-0.1, -0.05) is 18.2 Å². The minimum absolute atomic E-state index is 0. The lowest BCUT2D eigenvalue weighted by Gasteiger charge is -2.30. The van der Waals surface area contributed by atoms with Crippen LogP contribution in [-0.2, 0) is 10.0 Å². The van der Waals surface area contributed by atoms with Crippen molar-refractivity contribution in [1.29, 1.82) is 0 Å². The van der Waals surface area contributed by atoms with Crippen molar-refractivity contribution in [2.75, 3.05) is 30.7 Å². The molecule has 0 amide bonds. The van der Waals surface area contributed by atoms with Crippen LogP contribution < -0.4 is 10.5 Å². The van der Waals surface area contributed by atoms with Gasteiger partial charge in [0.25, 0.3) is 0 Å². The van der Waals surface area contributed by atoms with E-state index in [-0.39, 0.29) is 36.3 Å². The third-order valence-corrected chi connectivity index (χ3v) is 4.07. The number of aliphatic imine (C=N–C) groups is 1. The van der Waals surface area contributed by atoms with Crippen molar-refractivity contribution < 1.29 is 8.42 Å². The number of nitrogens with one attached hydrogen (secondary N) is 1. The van der Waals surface area contributed by atoms with E-state index in [1.54, 1.807) is 0 Å². The molecule has 3 N–H and O–H groups in total. The van der Waals surface area contributed by atoms with Gasteiger partial charge in [0.1, 0.15) is 0 Å². The number of nitrogens with zero attached hydrogens (tertiary/aromatic N) is 2. The number of piperidine rings is 1. The zero-order valence-corrected chi connectivity index (χ0v) is 15.6. The monoisotopic (exact) mass is 438 g/mol. The SMILES string of the molecule is I.NS(=O)(=O)CCN=C(Nc1ccccc1)N1CCCCC1. The maximum Gasteiger partial charge on any atom is 0.210 e. The first-order valence-electron chi connectivity index (χ1n) is 7.16. The van der Waals surface area contributed by atoms with E-state index < -0.39 is 10.0 Å². The van der Waals surface area contributed by atoms with E-state index in [4.69, 9.17) is 5.14 Å². The molecular formula is C14H23IN4O2S. The molecule has 124 valence electrons. The summed E-state index contributed by atoms with van der Waals surface area (Å²) in [6, 6.07) is 9.75. The normalized spacial score (nSPS) is 16.0. The van der Waals surface area contributed by atoms with Crippen molar-refractivity contribution in [2.45, 2.75) is 19.3 Å². The average molecular weight is 438 g/mol. The fourth-order valence-electron chi connectivity index (χ4n) is 2.25. The van der Waals surface area contributed by atoms with Gasteiger partial charge < -0.3 is 10.2 Å². The number of para-hydroxylation sites is 1. The van der Waals surface area contributed by atoms with Crippen molar-refractivity contribution >= 4 is 45.6 Å². The molecule has 6 nitrogen and oxygen atoms in total. The number of halogens is 1. The van der Waals surface area contributed by atoms with Crippen LogP contribution >= 0.6 is 24.0 Å². The minimum atomic E-state index is -3.48. The number of likely N-dealkylation sites (tertiary alicyclic amines) is 1. The summed E-state index contributed by atoms with van der Waals surface area (Å²) in [5.74, 6) is 0.588. The van der Waals surface area contributed by atoms with Crippen LogP contribution in [-0.4, -0.2) is 44.7 Å². The zero-order valence-electron chi connectivity index (χ0n) is 12.4. The number of sulfonamides is 1. The van der Waals surface area contributed by atoms with Gasteiger partial charge in [0, 0.05) is 18.8 Å². The number of hydrogen-bond donors (Lipinski definition) is 2. The highest BCUT2D eigenvalue weighted by molar-refractivity contribution is 14.0. The number of guanidine groups is 1. The lowest BCUT2D eigenvalue weighted by molar-refractivity contribution is 0.340. The molecule has 1 aromatic carbocycles. The van der Waals surface area contributed by atoms with Gasteiger partial charge in [0.2, 0.25) is 10.0 Å². The van der Waals surface area contributed by atoms with E-state index in [0.717, 1.165) is 37.6 Å². The third kappa shape index (κ3) is 6.93. The minimum Gasteiger partial charge on any atom is -0.343 e. The molecule has 0 spiro atoms. The highest BCUT2D eigenvalue weighted by atomic mass is 127. The van der Waals surface area contributed by atoms with Gasteiger partial charge >= 0.3 is 0 Å². The molecule has 0 unspecified atom stereocenters. The molecule has 0 atom stereocenters. The van der Waals surface area contributed by atoms with Crippen LogP contribution in [0.4, 0.5) is 5.69 Å². The quantitative estimate of drug-likeness (QED) is 0.427. The Morgan fingerprint density at radius 1 is 1.18 bits per heavy atom. The summed E-state index contributed by atoms with van der Waals surface area (Å²) >= 11 is 0. The molecule has 0 bridgehead atoms. The predicted molar refractivity (Wildman–Crippen MR) is 101 cm³/mol. The molecule has 1 saturated heterocycles. The Hall–Kier alpha value is -0.870. The fourth-order valence-corrected chi connectivity index (χ4v) is 2.60. The summed E-state index contributed by atoms with van der Waals surface area (Å²) in [5.41, 5.74) is 0.942. The summed E-state index contributed by atoms with van der Waals surface area (Å²) in [6.45, 7) is 2.05. The molecule has 1 aliphatic heterocycles. The van der Waals surface area contributed by atoms with Gasteiger partial charge in [-0.15, -0.1) is 24.0 Å². The van der Waals surface area contributed by atoms with Crippen LogP contribution in [0.5, 0.6) is 0 Å². The number of primary sulfonamides is 1. The van der Waals surface area contributed by atoms with Gasteiger partial charge in [-0.3, -0.25) is 4.99 Å². The first-order valence-corrected chi connectivity index (χ1v) is 8.88. The molecule has 2 rings (SSSR count). The van der Waals surface area contributed by atoms with Crippen LogP contribution in [0.25, 0.3) is 0 Å². The third-order valence-electron chi connectivity index (χ3n) is 3.32. The number of nitrogens with two attached hydrogens (primary N) is 1. The first-order chi connectivity index (χ1) is 10.0. The zero-order chi connectivity index (χ0) is 15.1. The van der Waals surface area contributed by atoms with Gasteiger partial charge in [0.15, 0.2) is 5.96 Å². The Morgan fingerprint density at radius 3 is 2.41 bits per heavy atom. The van der Waals surface area contributed by atoms with Crippen molar-refractivity contribution in [3.63, 3.8) is 0 Å². The van der Waals surface area contributed by atoms with E-state index >= 15 is 0 Å². The van der Waals surface area contributed by atoms with Crippen LogP contribution in [0.15, 0.2) is 35.3 Å². The van der Waals surface area contributed by atoms with E-state index in [9.17, 15) is 8.42 Å². The number of hydrogen-bond acceptors (Lipinski definition) is 3. The highest BCUT2D eigenvalue weighted by Gasteiger charge is 2.15. The van der Waals surface area contributed by atoms with Gasteiger partial charge in [0.05, 0.1) is 12.3 Å². The van der Waals surface area contributed by atoms with Gasteiger partial charge in [-0.2, -0.15) is 0 Å². The number of benzene rings is 1. The van der Waals surface area contributed by atoms with Crippen molar-refractivity contribution in [3.8, 4) is 0 Å². The fraction of sp³-hybridized carbons (Fsp3) is 0.500. The maximum atomic E-state index is 11.0. The molecule has 0 aromatic heterocycles. The summed E-state index contributed by atoms with van der Waals surface area (Å²) in [5, 5.41) is 8.30. The first kappa shape index (κ1) is 19.2. The largest absolute Gasteiger partial charge is 0.343 e. The van der Waals surface area contributed by atoms with E-state index in [2.05, 4.69) is 15.2 Å². The van der Waals surface area contributed by atoms with Crippen molar-refractivity contribution in [2.24, 2.45) is 10.1 Å². The van der Waals surface area contributed by atoms with Crippen LogP contribution in [0.1, 0.15) is 19.3 Å². The molecule has 22 heavy (non-hydrogen) atoms. The Morgan fingerprint density at radius 2 is 1.82 bits per heavy atom. The number of rotatable bonds is 4. The molecule has 1 fully saturated rings. The lowest BCUT2D eigenvalue weighted by Crippen LogP contribution is -2.40. The second-order valence-corrected chi connectivity index (χ2v) is 6.85. The number of anilines is 1. The van der Waals surface area contributed by atoms with Crippen molar-refractivity contribution in [3.05, 3.63) is 30.3 Å². The Labute approximate surface area is 149 Å². The smallest absolute Gasteiger partial charge is 0.210 e. The van der Waals surface area contributed by atoms with Gasteiger partial charge in [-0.05, 0) is 31.4 Å². The topological polar surface area (TPSA) is 87.8 Å². The lowest BCUT2D eigenvalue weighted by atomic mass is 10.1. The Balaban J connectivity index is 0.00000242. The second-order valence-electron chi connectivity index (χ2n) is 5.11. The summed E-state index contributed by atoms with van der Waals surface area (Å²) in [7, 11) is -3.48. The van der Waals surface area contributed by atoms with Gasteiger partial charge in [-0.25, -0.2) is 13.6 Å². The molecule has 1 aliphatic rings. The predicted octanol–water partition coefficient (Wildman–Crippen LogP) is 1.85. The second kappa shape index (κ2) is 9.31. The molecule has 0 aliphatic carbocycles. The summed E-state index contributed by atoms with van der Waals surface area (Å²) < 4.78 is 22.0. The Bertz CT molecular complexity index is 572. The molecule has 1 aromatic rings. The van der Waals surface area contributed by atoms with Crippen LogP contribution in [0, 0.1) is 0 Å². The average Bonchev–Trinajstić information content (AvgIpc) is 2.47. The highest BCUT2D eigenvalue weighted by Crippen LogP contribution is 2.12.